The molecule has 0 radical (unpaired) electrons. The average Bonchev–Trinajstić information content (AvgIpc) is 3.19. The maximum absolute atomic E-state index is 6.28. The molecule has 5 heteroatoms. The van der Waals surface area contributed by atoms with Crippen LogP contribution in [0.15, 0.2) is 43.2 Å². The molecule has 0 saturated carbocycles. The Labute approximate surface area is 130 Å². The molecular weight excluding hydrogens is 276 g/mol. The fourth-order valence-corrected chi connectivity index (χ4v) is 3.86. The summed E-state index contributed by atoms with van der Waals surface area (Å²) in [5.41, 5.74) is 1.30. The lowest BCUT2D eigenvalue weighted by Gasteiger charge is -2.39. The van der Waals surface area contributed by atoms with Gasteiger partial charge in [0.2, 0.25) is 0 Å². The number of piperidine rings is 1. The third-order valence-electron chi connectivity index (χ3n) is 4.88. The Bertz CT molecular complexity index is 600. The van der Waals surface area contributed by atoms with Crippen molar-refractivity contribution in [2.75, 3.05) is 19.7 Å². The lowest BCUT2D eigenvalue weighted by molar-refractivity contribution is -0.0535. The fourth-order valence-electron chi connectivity index (χ4n) is 3.86. The SMILES string of the molecule is c1cncc(CN2CCC[C@@]3(C[C@@H](n4ccnc4)CO3)C2)c1. The van der Waals surface area contributed by atoms with E-state index in [4.69, 9.17) is 4.74 Å². The standard InChI is InChI=1S/C17H22N4O/c1-3-15(10-18-5-1)11-20-7-2-4-17(13-20)9-16(12-22-17)21-8-6-19-14-21/h1,3,5-6,8,10,14,16H,2,4,7,9,11-13H2/t16-,17-/m1/s1. The minimum atomic E-state index is 0.0232. The van der Waals surface area contributed by atoms with Crippen molar-refractivity contribution >= 4 is 0 Å². The van der Waals surface area contributed by atoms with Crippen molar-refractivity contribution in [1.29, 1.82) is 0 Å². The van der Waals surface area contributed by atoms with Gasteiger partial charge in [-0.3, -0.25) is 9.88 Å². The van der Waals surface area contributed by atoms with Gasteiger partial charge >= 0.3 is 0 Å². The van der Waals surface area contributed by atoms with E-state index >= 15 is 0 Å². The summed E-state index contributed by atoms with van der Waals surface area (Å²) in [6, 6.07) is 4.59. The average molecular weight is 298 g/mol. The second-order valence-electron chi connectivity index (χ2n) is 6.54. The molecule has 0 N–H and O–H groups in total. The van der Waals surface area contributed by atoms with Crippen LogP contribution in [0.3, 0.4) is 0 Å². The van der Waals surface area contributed by atoms with Gasteiger partial charge in [0.1, 0.15) is 0 Å². The van der Waals surface area contributed by atoms with Crippen molar-refractivity contribution in [3.8, 4) is 0 Å². The van der Waals surface area contributed by atoms with E-state index in [1.54, 1.807) is 0 Å². The Morgan fingerprint density at radius 3 is 3.14 bits per heavy atom. The maximum atomic E-state index is 6.28. The smallest absolute Gasteiger partial charge is 0.0949 e. The highest BCUT2D eigenvalue weighted by molar-refractivity contribution is 5.09. The molecule has 22 heavy (non-hydrogen) atoms. The molecule has 2 saturated heterocycles. The molecule has 2 aromatic heterocycles. The quantitative estimate of drug-likeness (QED) is 0.872. The van der Waals surface area contributed by atoms with E-state index in [1.807, 2.05) is 37.2 Å². The molecule has 0 bridgehead atoms. The van der Waals surface area contributed by atoms with Gasteiger partial charge < -0.3 is 9.30 Å². The number of pyridine rings is 1. The minimum absolute atomic E-state index is 0.0232. The van der Waals surface area contributed by atoms with E-state index in [1.165, 1.54) is 18.4 Å². The number of imidazole rings is 1. The van der Waals surface area contributed by atoms with Crippen LogP contribution < -0.4 is 0 Å². The van der Waals surface area contributed by atoms with Crippen LogP contribution in [0.4, 0.5) is 0 Å². The van der Waals surface area contributed by atoms with Crippen LogP contribution in [-0.2, 0) is 11.3 Å². The van der Waals surface area contributed by atoms with E-state index in [2.05, 4.69) is 25.5 Å². The van der Waals surface area contributed by atoms with E-state index in [-0.39, 0.29) is 5.60 Å². The lowest BCUT2D eigenvalue weighted by atomic mass is 9.88. The van der Waals surface area contributed by atoms with E-state index in [9.17, 15) is 0 Å². The molecule has 2 atom stereocenters. The third-order valence-corrected chi connectivity index (χ3v) is 4.88. The van der Waals surface area contributed by atoms with Crippen molar-refractivity contribution in [2.24, 2.45) is 0 Å². The number of rotatable bonds is 3. The molecule has 0 aliphatic carbocycles. The number of likely N-dealkylation sites (tertiary alicyclic amines) is 1. The molecule has 2 aromatic rings. The fraction of sp³-hybridized carbons (Fsp3) is 0.529. The summed E-state index contributed by atoms with van der Waals surface area (Å²) in [5.74, 6) is 0. The first-order valence-corrected chi connectivity index (χ1v) is 8.06. The molecule has 0 unspecified atom stereocenters. The van der Waals surface area contributed by atoms with E-state index in [0.29, 0.717) is 6.04 Å². The van der Waals surface area contributed by atoms with Crippen LogP contribution in [-0.4, -0.2) is 44.7 Å². The molecular formula is C17H22N4O. The van der Waals surface area contributed by atoms with Gasteiger partial charge in [-0.15, -0.1) is 0 Å². The number of nitrogens with zero attached hydrogens (tertiary/aromatic N) is 4. The molecule has 116 valence electrons. The second-order valence-corrected chi connectivity index (χ2v) is 6.54. The van der Waals surface area contributed by atoms with Gasteiger partial charge in [-0.05, 0) is 31.0 Å². The topological polar surface area (TPSA) is 43.2 Å². The van der Waals surface area contributed by atoms with E-state index < -0.39 is 0 Å². The van der Waals surface area contributed by atoms with Crippen molar-refractivity contribution in [2.45, 2.75) is 37.5 Å². The molecule has 2 aliphatic heterocycles. The molecule has 2 aliphatic rings. The predicted molar refractivity (Wildman–Crippen MR) is 83.3 cm³/mol. The van der Waals surface area contributed by atoms with Crippen molar-refractivity contribution in [3.05, 3.63) is 48.8 Å². The van der Waals surface area contributed by atoms with Crippen LogP contribution in [0.1, 0.15) is 30.9 Å². The van der Waals surface area contributed by atoms with Gasteiger partial charge in [0.15, 0.2) is 0 Å². The van der Waals surface area contributed by atoms with Gasteiger partial charge in [-0.1, -0.05) is 6.07 Å². The Balaban J connectivity index is 1.43. The predicted octanol–water partition coefficient (Wildman–Crippen LogP) is 2.27. The normalized spacial score (nSPS) is 29.2. The summed E-state index contributed by atoms with van der Waals surface area (Å²) in [7, 11) is 0. The molecule has 0 aromatic carbocycles. The molecule has 4 heterocycles. The Morgan fingerprint density at radius 2 is 2.32 bits per heavy atom. The molecule has 2 fully saturated rings. The number of aromatic nitrogens is 3. The summed E-state index contributed by atoms with van der Waals surface area (Å²) < 4.78 is 8.47. The zero-order valence-electron chi connectivity index (χ0n) is 12.8. The Kier molecular flexibility index (Phi) is 3.68. The van der Waals surface area contributed by atoms with Crippen molar-refractivity contribution < 1.29 is 4.74 Å². The van der Waals surface area contributed by atoms with Crippen LogP contribution >= 0.6 is 0 Å². The molecule has 1 spiro atoms. The van der Waals surface area contributed by atoms with Crippen LogP contribution in [0.5, 0.6) is 0 Å². The summed E-state index contributed by atoms with van der Waals surface area (Å²) in [6.07, 6.45) is 13.1. The monoisotopic (exact) mass is 298 g/mol. The van der Waals surface area contributed by atoms with Crippen LogP contribution in [0, 0.1) is 0 Å². The number of hydrogen-bond donors (Lipinski definition) is 0. The summed E-state index contributed by atoms with van der Waals surface area (Å²) in [6.45, 7) is 3.94. The Hall–Kier alpha value is -1.72. The minimum Gasteiger partial charge on any atom is -0.371 e. The van der Waals surface area contributed by atoms with Crippen molar-refractivity contribution in [1.82, 2.24) is 19.4 Å². The van der Waals surface area contributed by atoms with Gasteiger partial charge in [0.25, 0.3) is 0 Å². The number of hydrogen-bond acceptors (Lipinski definition) is 4. The second kappa shape index (κ2) is 5.82. The van der Waals surface area contributed by atoms with Gasteiger partial charge in [-0.25, -0.2) is 4.98 Å². The van der Waals surface area contributed by atoms with Gasteiger partial charge in [-0.2, -0.15) is 0 Å². The van der Waals surface area contributed by atoms with Gasteiger partial charge in [0.05, 0.1) is 24.6 Å². The third kappa shape index (κ3) is 2.78. The summed E-state index contributed by atoms with van der Waals surface area (Å²) >= 11 is 0. The molecule has 4 rings (SSSR count). The first kappa shape index (κ1) is 13.9. The highest BCUT2D eigenvalue weighted by Gasteiger charge is 2.43. The zero-order chi connectivity index (χ0) is 14.8. The molecule has 0 amide bonds. The van der Waals surface area contributed by atoms with Crippen LogP contribution in [0.25, 0.3) is 0 Å². The molecule has 5 nitrogen and oxygen atoms in total. The van der Waals surface area contributed by atoms with Gasteiger partial charge in [0, 0.05) is 44.3 Å². The highest BCUT2D eigenvalue weighted by atomic mass is 16.5. The van der Waals surface area contributed by atoms with E-state index in [0.717, 1.165) is 32.7 Å². The van der Waals surface area contributed by atoms with Crippen LogP contribution in [0.2, 0.25) is 0 Å². The first-order valence-electron chi connectivity index (χ1n) is 8.06. The summed E-state index contributed by atoms with van der Waals surface area (Å²) in [4.78, 5) is 10.9. The number of ether oxygens (including phenoxy) is 1. The highest BCUT2D eigenvalue weighted by Crippen LogP contribution is 2.39. The summed E-state index contributed by atoms with van der Waals surface area (Å²) in [5, 5.41) is 0. The van der Waals surface area contributed by atoms with Crippen molar-refractivity contribution in [3.63, 3.8) is 0 Å². The largest absolute Gasteiger partial charge is 0.371 e. The zero-order valence-corrected chi connectivity index (χ0v) is 12.8. The first-order chi connectivity index (χ1) is 10.8. The Morgan fingerprint density at radius 1 is 1.32 bits per heavy atom. The lowest BCUT2D eigenvalue weighted by Crippen LogP contribution is -2.47. The maximum Gasteiger partial charge on any atom is 0.0949 e.